The van der Waals surface area contributed by atoms with Crippen molar-refractivity contribution in [2.75, 3.05) is 52.9 Å². The van der Waals surface area contributed by atoms with Crippen LogP contribution in [0.1, 0.15) is 49.8 Å². The van der Waals surface area contributed by atoms with Crippen molar-refractivity contribution >= 4 is 29.9 Å². The van der Waals surface area contributed by atoms with Gasteiger partial charge in [0.25, 0.3) is 0 Å². The van der Waals surface area contributed by atoms with Crippen LogP contribution in [0.3, 0.4) is 0 Å². The fourth-order valence-corrected chi connectivity index (χ4v) is 4.46. The molecule has 1 N–H and O–H groups in total. The van der Waals surface area contributed by atoms with E-state index in [2.05, 4.69) is 58.2 Å². The summed E-state index contributed by atoms with van der Waals surface area (Å²) >= 11 is 0. The number of guanidine groups is 1. The predicted octanol–water partition coefficient (Wildman–Crippen LogP) is 4.07. The molecule has 2 fully saturated rings. The molecule has 1 aromatic rings. The first kappa shape index (κ1) is 24.4. The van der Waals surface area contributed by atoms with Gasteiger partial charge in [0.15, 0.2) is 5.96 Å². The molecule has 164 valence electrons. The molecule has 2 unspecified atom stereocenters. The van der Waals surface area contributed by atoms with Crippen molar-refractivity contribution in [1.82, 2.24) is 15.1 Å². The summed E-state index contributed by atoms with van der Waals surface area (Å²) < 4.78 is 6.06. The predicted molar refractivity (Wildman–Crippen MR) is 132 cm³/mol. The normalized spacial score (nSPS) is 23.6. The maximum Gasteiger partial charge on any atom is 0.193 e. The van der Waals surface area contributed by atoms with Crippen molar-refractivity contribution in [3.63, 3.8) is 0 Å². The highest BCUT2D eigenvalue weighted by atomic mass is 127. The number of unbranched alkanes of at least 4 members (excludes halogenated alkanes) is 1. The van der Waals surface area contributed by atoms with E-state index < -0.39 is 0 Å². The first-order valence-electron chi connectivity index (χ1n) is 11.0. The highest BCUT2D eigenvalue weighted by Gasteiger charge is 2.25. The Bertz CT molecular complexity index is 639. The molecule has 3 rings (SSSR count). The summed E-state index contributed by atoms with van der Waals surface area (Å²) in [5.41, 5.74) is 2.59. The Kier molecular flexibility index (Phi) is 10.7. The van der Waals surface area contributed by atoms with Crippen molar-refractivity contribution in [2.24, 2.45) is 10.9 Å². The highest BCUT2D eigenvalue weighted by molar-refractivity contribution is 14.0. The van der Waals surface area contributed by atoms with E-state index in [1.807, 2.05) is 7.05 Å². The van der Waals surface area contributed by atoms with Gasteiger partial charge in [-0.3, -0.25) is 4.99 Å². The Hall–Kier alpha value is -0.860. The Labute approximate surface area is 194 Å². The fraction of sp³-hybridized carbons (Fsp3) is 0.696. The summed E-state index contributed by atoms with van der Waals surface area (Å²) in [6, 6.07) is 8.53. The second-order valence-electron chi connectivity index (χ2n) is 8.39. The first-order valence-corrected chi connectivity index (χ1v) is 11.0. The molecule has 0 spiro atoms. The quantitative estimate of drug-likeness (QED) is 0.269. The molecule has 2 heterocycles. The van der Waals surface area contributed by atoms with Crippen molar-refractivity contribution in [3.8, 4) is 0 Å². The van der Waals surface area contributed by atoms with Gasteiger partial charge >= 0.3 is 0 Å². The van der Waals surface area contributed by atoms with E-state index in [4.69, 9.17) is 4.74 Å². The fourth-order valence-electron chi connectivity index (χ4n) is 4.46. The van der Waals surface area contributed by atoms with Crippen molar-refractivity contribution in [2.45, 2.75) is 45.6 Å². The lowest BCUT2D eigenvalue weighted by Gasteiger charge is -2.36. The van der Waals surface area contributed by atoms with Crippen LogP contribution in [0.15, 0.2) is 29.3 Å². The van der Waals surface area contributed by atoms with Gasteiger partial charge in [0, 0.05) is 26.7 Å². The first-order chi connectivity index (χ1) is 13.7. The summed E-state index contributed by atoms with van der Waals surface area (Å²) in [5, 5.41) is 3.57. The Morgan fingerprint density at radius 2 is 2.03 bits per heavy atom. The SMILES string of the molecule is CN=C(NCCCCN1CCCC(C)C1)N1CCOC(c2ccccc2C)C1.I. The van der Waals surface area contributed by atoms with Crippen LogP contribution in [0.25, 0.3) is 0 Å². The van der Waals surface area contributed by atoms with Crippen LogP contribution in [-0.4, -0.2) is 68.7 Å². The summed E-state index contributed by atoms with van der Waals surface area (Å²) in [6.45, 7) is 11.8. The number of benzene rings is 1. The standard InChI is InChI=1S/C23H38N4O.HI/c1-19-9-8-14-26(17-19)13-7-6-12-25-23(24-3)27-15-16-28-22(18-27)21-11-5-4-10-20(21)2;/h4-5,10-11,19,22H,6-9,12-18H2,1-3H3,(H,24,25);1H. The van der Waals surface area contributed by atoms with Gasteiger partial charge in [0.2, 0.25) is 0 Å². The van der Waals surface area contributed by atoms with Crippen molar-refractivity contribution in [1.29, 1.82) is 0 Å². The second-order valence-corrected chi connectivity index (χ2v) is 8.39. The molecular weight excluding hydrogens is 475 g/mol. The topological polar surface area (TPSA) is 40.1 Å². The van der Waals surface area contributed by atoms with Gasteiger partial charge in [-0.15, -0.1) is 24.0 Å². The zero-order chi connectivity index (χ0) is 19.8. The van der Waals surface area contributed by atoms with E-state index in [1.54, 1.807) is 0 Å². The molecule has 2 aliphatic rings. The van der Waals surface area contributed by atoms with Crippen LogP contribution in [0, 0.1) is 12.8 Å². The number of piperidine rings is 1. The number of aryl methyl sites for hydroxylation is 1. The zero-order valence-electron chi connectivity index (χ0n) is 18.4. The maximum atomic E-state index is 6.06. The smallest absolute Gasteiger partial charge is 0.193 e. The molecule has 6 heteroatoms. The molecular formula is C23H39IN4O. The number of nitrogens with zero attached hydrogens (tertiary/aromatic N) is 3. The van der Waals surface area contributed by atoms with Crippen LogP contribution in [0.5, 0.6) is 0 Å². The van der Waals surface area contributed by atoms with Crippen LogP contribution in [0.2, 0.25) is 0 Å². The minimum absolute atomic E-state index is 0. The zero-order valence-corrected chi connectivity index (χ0v) is 20.7. The number of hydrogen-bond acceptors (Lipinski definition) is 3. The van der Waals surface area contributed by atoms with E-state index in [-0.39, 0.29) is 30.1 Å². The summed E-state index contributed by atoms with van der Waals surface area (Å²) in [4.78, 5) is 9.50. The van der Waals surface area contributed by atoms with Gasteiger partial charge in [-0.2, -0.15) is 0 Å². The molecule has 5 nitrogen and oxygen atoms in total. The minimum Gasteiger partial charge on any atom is -0.370 e. The summed E-state index contributed by atoms with van der Waals surface area (Å²) in [5.74, 6) is 1.88. The van der Waals surface area contributed by atoms with Gasteiger partial charge in [-0.25, -0.2) is 0 Å². The molecule has 2 atom stereocenters. The number of aliphatic imine (C=N–C) groups is 1. The lowest BCUT2D eigenvalue weighted by Crippen LogP contribution is -2.48. The highest BCUT2D eigenvalue weighted by Crippen LogP contribution is 2.25. The summed E-state index contributed by atoms with van der Waals surface area (Å²) in [6.07, 6.45) is 5.33. The van der Waals surface area contributed by atoms with Gasteiger partial charge in [-0.1, -0.05) is 31.2 Å². The van der Waals surface area contributed by atoms with Crippen LogP contribution in [-0.2, 0) is 4.74 Å². The van der Waals surface area contributed by atoms with Gasteiger partial charge < -0.3 is 19.9 Å². The third-order valence-electron chi connectivity index (χ3n) is 6.04. The molecule has 0 aliphatic carbocycles. The average Bonchev–Trinajstić information content (AvgIpc) is 2.71. The number of nitrogens with one attached hydrogen (secondary N) is 1. The number of morpholine rings is 1. The number of hydrogen-bond donors (Lipinski definition) is 1. The Balaban J connectivity index is 0.00000300. The average molecular weight is 514 g/mol. The van der Waals surface area contributed by atoms with Crippen LogP contribution < -0.4 is 5.32 Å². The molecule has 1 aromatic carbocycles. The maximum absolute atomic E-state index is 6.06. The molecule has 29 heavy (non-hydrogen) atoms. The molecule has 0 saturated carbocycles. The Morgan fingerprint density at radius 1 is 1.21 bits per heavy atom. The van der Waals surface area contributed by atoms with E-state index in [1.165, 1.54) is 56.4 Å². The largest absolute Gasteiger partial charge is 0.370 e. The van der Waals surface area contributed by atoms with E-state index in [0.29, 0.717) is 0 Å². The number of rotatable bonds is 6. The van der Waals surface area contributed by atoms with Crippen LogP contribution >= 0.6 is 24.0 Å². The molecule has 0 bridgehead atoms. The van der Waals surface area contributed by atoms with Crippen LogP contribution in [0.4, 0.5) is 0 Å². The van der Waals surface area contributed by atoms with Crippen molar-refractivity contribution < 1.29 is 4.74 Å². The van der Waals surface area contributed by atoms with Gasteiger partial charge in [-0.05, 0) is 62.7 Å². The monoisotopic (exact) mass is 514 g/mol. The third kappa shape index (κ3) is 7.40. The number of halogens is 1. The van der Waals surface area contributed by atoms with Gasteiger partial charge in [0.1, 0.15) is 6.10 Å². The molecule has 0 amide bonds. The molecule has 0 aromatic heterocycles. The lowest BCUT2D eigenvalue weighted by molar-refractivity contribution is -0.00831. The number of ether oxygens (including phenoxy) is 1. The van der Waals surface area contributed by atoms with E-state index in [0.717, 1.165) is 38.1 Å². The van der Waals surface area contributed by atoms with E-state index >= 15 is 0 Å². The molecule has 2 saturated heterocycles. The van der Waals surface area contributed by atoms with Gasteiger partial charge in [0.05, 0.1) is 13.2 Å². The third-order valence-corrected chi connectivity index (χ3v) is 6.04. The molecule has 0 radical (unpaired) electrons. The minimum atomic E-state index is 0. The van der Waals surface area contributed by atoms with E-state index in [9.17, 15) is 0 Å². The summed E-state index contributed by atoms with van der Waals surface area (Å²) in [7, 11) is 1.88. The Morgan fingerprint density at radius 3 is 2.79 bits per heavy atom. The van der Waals surface area contributed by atoms with Crippen molar-refractivity contribution in [3.05, 3.63) is 35.4 Å². The lowest BCUT2D eigenvalue weighted by atomic mass is 10.0. The molecule has 2 aliphatic heterocycles. The number of likely N-dealkylation sites (tertiary alicyclic amines) is 1. The second kappa shape index (κ2) is 12.7.